The normalized spacial score (nSPS) is 19.2. The Hall–Kier alpha value is -0.990. The van der Waals surface area contributed by atoms with Gasteiger partial charge in [0, 0.05) is 12.2 Å². The average molecular weight is 179 g/mol. The molecule has 0 atom stereocenters. The predicted molar refractivity (Wildman–Crippen MR) is 53.5 cm³/mol. The molecule has 3 heteroatoms. The van der Waals surface area contributed by atoms with Crippen molar-refractivity contribution in [1.82, 2.24) is 9.55 Å². The van der Waals surface area contributed by atoms with Crippen LogP contribution in [0.4, 0.5) is 5.95 Å². The van der Waals surface area contributed by atoms with Crippen molar-refractivity contribution in [3.8, 4) is 0 Å². The van der Waals surface area contributed by atoms with Gasteiger partial charge in [0.1, 0.15) is 0 Å². The molecule has 2 rings (SSSR count). The van der Waals surface area contributed by atoms with Crippen molar-refractivity contribution >= 4 is 5.95 Å². The highest BCUT2D eigenvalue weighted by molar-refractivity contribution is 5.22. The van der Waals surface area contributed by atoms with Gasteiger partial charge in [-0.15, -0.1) is 0 Å². The van der Waals surface area contributed by atoms with Gasteiger partial charge in [0.2, 0.25) is 5.95 Å². The van der Waals surface area contributed by atoms with Gasteiger partial charge in [0.05, 0.1) is 5.69 Å². The van der Waals surface area contributed by atoms with Gasteiger partial charge < -0.3 is 10.3 Å². The third-order valence-corrected chi connectivity index (χ3v) is 2.85. The molecule has 2 N–H and O–H groups in total. The summed E-state index contributed by atoms with van der Waals surface area (Å²) < 4.78 is 2.15. The van der Waals surface area contributed by atoms with Crippen LogP contribution < -0.4 is 5.73 Å². The van der Waals surface area contributed by atoms with Gasteiger partial charge in [-0.05, 0) is 19.8 Å². The molecular weight excluding hydrogens is 162 g/mol. The van der Waals surface area contributed by atoms with Gasteiger partial charge in [-0.25, -0.2) is 4.98 Å². The van der Waals surface area contributed by atoms with Gasteiger partial charge in [-0.3, -0.25) is 0 Å². The Morgan fingerprint density at radius 1 is 1.38 bits per heavy atom. The van der Waals surface area contributed by atoms with Crippen LogP contribution in [-0.4, -0.2) is 9.55 Å². The fraction of sp³-hybridized carbons (Fsp3) is 0.700. The van der Waals surface area contributed by atoms with Gasteiger partial charge in [0.15, 0.2) is 0 Å². The Morgan fingerprint density at radius 3 is 2.62 bits per heavy atom. The topological polar surface area (TPSA) is 43.8 Å². The lowest BCUT2D eigenvalue weighted by atomic mass is 9.95. The van der Waals surface area contributed by atoms with Crippen molar-refractivity contribution in [2.45, 2.75) is 45.1 Å². The highest BCUT2D eigenvalue weighted by Gasteiger charge is 2.17. The Balaban J connectivity index is 2.18. The van der Waals surface area contributed by atoms with E-state index in [0.717, 1.165) is 5.69 Å². The van der Waals surface area contributed by atoms with Crippen LogP contribution in [0.25, 0.3) is 0 Å². The largest absolute Gasteiger partial charge is 0.369 e. The lowest BCUT2D eigenvalue weighted by Gasteiger charge is -2.23. The standard InChI is InChI=1S/C10H17N3/c1-8-7-13(10(11)12-8)9-5-3-2-4-6-9/h7,9H,2-6H2,1H3,(H2,11,12). The van der Waals surface area contributed by atoms with Crippen LogP contribution >= 0.6 is 0 Å². The number of aromatic nitrogens is 2. The number of imidazole rings is 1. The first kappa shape index (κ1) is 8.60. The van der Waals surface area contributed by atoms with E-state index in [4.69, 9.17) is 5.73 Å². The van der Waals surface area contributed by atoms with E-state index >= 15 is 0 Å². The number of rotatable bonds is 1. The van der Waals surface area contributed by atoms with Gasteiger partial charge >= 0.3 is 0 Å². The molecule has 0 unspecified atom stereocenters. The zero-order valence-corrected chi connectivity index (χ0v) is 8.16. The van der Waals surface area contributed by atoms with Gasteiger partial charge in [-0.2, -0.15) is 0 Å². The van der Waals surface area contributed by atoms with Crippen LogP contribution in [0.1, 0.15) is 43.8 Å². The molecule has 1 saturated carbocycles. The van der Waals surface area contributed by atoms with Crippen LogP contribution in [0.5, 0.6) is 0 Å². The first-order chi connectivity index (χ1) is 6.27. The van der Waals surface area contributed by atoms with E-state index in [-0.39, 0.29) is 0 Å². The Kier molecular flexibility index (Phi) is 2.25. The first-order valence-electron chi connectivity index (χ1n) is 5.08. The number of hydrogen-bond donors (Lipinski definition) is 1. The number of nitrogens with zero attached hydrogens (tertiary/aromatic N) is 2. The maximum atomic E-state index is 5.82. The summed E-state index contributed by atoms with van der Waals surface area (Å²) in [5.74, 6) is 0.685. The maximum absolute atomic E-state index is 5.82. The summed E-state index contributed by atoms with van der Waals surface area (Å²) in [6.07, 6.45) is 8.65. The van der Waals surface area contributed by atoms with Gasteiger partial charge in [-0.1, -0.05) is 19.3 Å². The van der Waals surface area contributed by atoms with Crippen molar-refractivity contribution in [1.29, 1.82) is 0 Å². The third-order valence-electron chi connectivity index (χ3n) is 2.85. The summed E-state index contributed by atoms with van der Waals surface area (Å²) in [6.45, 7) is 2.00. The molecule has 1 aliphatic carbocycles. The molecule has 0 amide bonds. The van der Waals surface area contributed by atoms with Crippen molar-refractivity contribution < 1.29 is 0 Å². The molecule has 1 fully saturated rings. The van der Waals surface area contributed by atoms with Crippen molar-refractivity contribution in [3.05, 3.63) is 11.9 Å². The molecule has 0 bridgehead atoms. The van der Waals surface area contributed by atoms with E-state index in [9.17, 15) is 0 Å². The van der Waals surface area contributed by atoms with Crippen LogP contribution in [-0.2, 0) is 0 Å². The number of anilines is 1. The highest BCUT2D eigenvalue weighted by Crippen LogP contribution is 2.29. The highest BCUT2D eigenvalue weighted by atomic mass is 15.2. The van der Waals surface area contributed by atoms with Crippen molar-refractivity contribution in [3.63, 3.8) is 0 Å². The van der Waals surface area contributed by atoms with E-state index in [1.165, 1.54) is 32.1 Å². The van der Waals surface area contributed by atoms with Gasteiger partial charge in [0.25, 0.3) is 0 Å². The Morgan fingerprint density at radius 2 is 2.08 bits per heavy atom. The van der Waals surface area contributed by atoms with Crippen LogP contribution in [0.15, 0.2) is 6.20 Å². The summed E-state index contributed by atoms with van der Waals surface area (Å²) in [7, 11) is 0. The molecule has 0 aromatic carbocycles. The average Bonchev–Trinajstić information content (AvgIpc) is 2.47. The zero-order chi connectivity index (χ0) is 9.26. The summed E-state index contributed by atoms with van der Waals surface area (Å²) in [5, 5.41) is 0. The van der Waals surface area contributed by atoms with Crippen LogP contribution in [0.3, 0.4) is 0 Å². The van der Waals surface area contributed by atoms with Crippen LogP contribution in [0.2, 0.25) is 0 Å². The summed E-state index contributed by atoms with van der Waals surface area (Å²) in [5.41, 5.74) is 6.85. The number of nitrogens with two attached hydrogens (primary N) is 1. The number of hydrogen-bond acceptors (Lipinski definition) is 2. The summed E-state index contributed by atoms with van der Waals surface area (Å²) in [4.78, 5) is 4.23. The molecule has 1 heterocycles. The molecule has 1 aromatic heterocycles. The molecule has 3 nitrogen and oxygen atoms in total. The van der Waals surface area contributed by atoms with Crippen molar-refractivity contribution in [2.75, 3.05) is 5.73 Å². The monoisotopic (exact) mass is 179 g/mol. The fourth-order valence-corrected chi connectivity index (χ4v) is 2.19. The maximum Gasteiger partial charge on any atom is 0.200 e. The Labute approximate surface area is 79.0 Å². The quantitative estimate of drug-likeness (QED) is 0.718. The predicted octanol–water partition coefficient (Wildman–Crippen LogP) is 2.28. The van der Waals surface area contributed by atoms with E-state index in [2.05, 4.69) is 15.7 Å². The summed E-state index contributed by atoms with van der Waals surface area (Å²) in [6, 6.07) is 0.606. The molecule has 72 valence electrons. The molecule has 0 radical (unpaired) electrons. The minimum absolute atomic E-state index is 0.606. The lowest BCUT2D eigenvalue weighted by molar-refractivity contribution is 0.356. The second-order valence-electron chi connectivity index (χ2n) is 3.94. The molecule has 1 aliphatic rings. The van der Waals surface area contributed by atoms with E-state index < -0.39 is 0 Å². The molecule has 1 aromatic rings. The van der Waals surface area contributed by atoms with E-state index in [0.29, 0.717) is 12.0 Å². The molecule has 0 spiro atoms. The molecular formula is C10H17N3. The van der Waals surface area contributed by atoms with Crippen LogP contribution in [0, 0.1) is 6.92 Å². The SMILES string of the molecule is Cc1cn(C2CCCCC2)c(N)n1. The number of nitrogen functional groups attached to an aromatic ring is 1. The smallest absolute Gasteiger partial charge is 0.200 e. The second-order valence-corrected chi connectivity index (χ2v) is 3.94. The van der Waals surface area contributed by atoms with E-state index in [1.54, 1.807) is 0 Å². The number of aryl methyl sites for hydroxylation is 1. The minimum atomic E-state index is 0.606. The van der Waals surface area contributed by atoms with E-state index in [1.807, 2.05) is 6.92 Å². The minimum Gasteiger partial charge on any atom is -0.369 e. The second kappa shape index (κ2) is 3.40. The van der Waals surface area contributed by atoms with Crippen molar-refractivity contribution in [2.24, 2.45) is 0 Å². The fourth-order valence-electron chi connectivity index (χ4n) is 2.19. The lowest BCUT2D eigenvalue weighted by Crippen LogP contribution is -2.14. The molecule has 0 aliphatic heterocycles. The molecule has 13 heavy (non-hydrogen) atoms. The third kappa shape index (κ3) is 1.69. The molecule has 0 saturated heterocycles. The summed E-state index contributed by atoms with van der Waals surface area (Å²) >= 11 is 0. The first-order valence-corrected chi connectivity index (χ1v) is 5.08. The Bertz CT molecular complexity index is 284. The zero-order valence-electron chi connectivity index (χ0n) is 8.16.